The van der Waals surface area contributed by atoms with Crippen molar-refractivity contribution in [1.82, 2.24) is 0 Å². The highest BCUT2D eigenvalue weighted by molar-refractivity contribution is 5.90. The first kappa shape index (κ1) is 20.2. The van der Waals surface area contributed by atoms with Gasteiger partial charge in [-0.2, -0.15) is 0 Å². The van der Waals surface area contributed by atoms with Crippen molar-refractivity contribution >= 4 is 11.9 Å². The summed E-state index contributed by atoms with van der Waals surface area (Å²) < 4.78 is 10.8. The van der Waals surface area contributed by atoms with Crippen LogP contribution in [-0.4, -0.2) is 24.6 Å². The van der Waals surface area contributed by atoms with Crippen molar-refractivity contribution in [1.29, 1.82) is 0 Å². The summed E-state index contributed by atoms with van der Waals surface area (Å²) in [6, 6.07) is 0. The van der Waals surface area contributed by atoms with Crippen molar-refractivity contribution in [2.45, 2.75) is 65.4 Å². The molecule has 0 aromatic heterocycles. The molecular weight excluding hydrogens is 328 g/mol. The van der Waals surface area contributed by atoms with Crippen molar-refractivity contribution in [2.75, 3.05) is 6.61 Å². The lowest BCUT2D eigenvalue weighted by atomic mass is 9.88. The maximum Gasteiger partial charge on any atom is 0.334 e. The van der Waals surface area contributed by atoms with Gasteiger partial charge in [-0.25, -0.2) is 4.79 Å². The van der Waals surface area contributed by atoms with Gasteiger partial charge < -0.3 is 9.47 Å². The molecule has 2 aliphatic rings. The Kier molecular flexibility index (Phi) is 7.43. The fraction of sp³-hybridized carbons (Fsp3) is 0.545. The van der Waals surface area contributed by atoms with Crippen LogP contribution < -0.4 is 0 Å². The van der Waals surface area contributed by atoms with Crippen molar-refractivity contribution in [3.8, 4) is 0 Å². The van der Waals surface area contributed by atoms with Gasteiger partial charge in [0.2, 0.25) is 0 Å². The lowest BCUT2D eigenvalue weighted by molar-refractivity contribution is -0.140. The van der Waals surface area contributed by atoms with Gasteiger partial charge in [0.25, 0.3) is 0 Å². The summed E-state index contributed by atoms with van der Waals surface area (Å²) in [7, 11) is 0. The zero-order valence-electron chi connectivity index (χ0n) is 16.2. The van der Waals surface area contributed by atoms with E-state index in [-0.39, 0.29) is 24.0 Å². The molecule has 2 rings (SSSR count). The zero-order chi connectivity index (χ0) is 19.1. The summed E-state index contributed by atoms with van der Waals surface area (Å²) >= 11 is 0. The predicted octanol–water partition coefficient (Wildman–Crippen LogP) is 4.82. The third kappa shape index (κ3) is 6.01. The fourth-order valence-electron chi connectivity index (χ4n) is 3.42. The number of carbonyl (C=O) groups is 2. The van der Waals surface area contributed by atoms with Crippen LogP contribution >= 0.6 is 0 Å². The van der Waals surface area contributed by atoms with Crippen LogP contribution in [0.3, 0.4) is 0 Å². The standard InChI is InChI=1S/C22H30O4/c1-15-7-5-9-16(2)13-21-20(17(3)22(24)26-21)12-11-19(10-6-8-15)14-25-18(4)23/h8-9,11,20-21H,3,5-7,10,12-14H2,1-2,4H3/b15-8+,16-9+,19-11-/t20-,21+/m0/s1. The van der Waals surface area contributed by atoms with Gasteiger partial charge in [-0.1, -0.05) is 36.0 Å². The Morgan fingerprint density at radius 2 is 1.88 bits per heavy atom. The lowest BCUT2D eigenvalue weighted by Gasteiger charge is -2.18. The lowest BCUT2D eigenvalue weighted by Crippen LogP contribution is -2.17. The third-order valence-electron chi connectivity index (χ3n) is 5.05. The van der Waals surface area contributed by atoms with Gasteiger partial charge in [0, 0.05) is 24.8 Å². The van der Waals surface area contributed by atoms with Crippen LogP contribution in [0.25, 0.3) is 0 Å². The van der Waals surface area contributed by atoms with E-state index in [1.165, 1.54) is 18.1 Å². The number of hydrogen-bond acceptors (Lipinski definition) is 4. The van der Waals surface area contributed by atoms with Crippen LogP contribution in [0.15, 0.2) is 47.1 Å². The van der Waals surface area contributed by atoms with Crippen LogP contribution in [0.5, 0.6) is 0 Å². The first-order chi connectivity index (χ1) is 12.4. The van der Waals surface area contributed by atoms with Crippen molar-refractivity contribution < 1.29 is 19.1 Å². The molecule has 1 aliphatic carbocycles. The molecule has 4 nitrogen and oxygen atoms in total. The van der Waals surface area contributed by atoms with Gasteiger partial charge in [-0.05, 0) is 51.5 Å². The van der Waals surface area contributed by atoms with E-state index < -0.39 is 0 Å². The Morgan fingerprint density at radius 3 is 2.62 bits per heavy atom. The normalized spacial score (nSPS) is 31.3. The Hall–Kier alpha value is -2.10. The van der Waals surface area contributed by atoms with Crippen molar-refractivity contribution in [2.24, 2.45) is 5.92 Å². The molecule has 0 N–H and O–H groups in total. The second kappa shape index (κ2) is 9.56. The molecule has 26 heavy (non-hydrogen) atoms. The highest BCUT2D eigenvalue weighted by Crippen LogP contribution is 2.34. The van der Waals surface area contributed by atoms with E-state index in [4.69, 9.17) is 9.47 Å². The highest BCUT2D eigenvalue weighted by atomic mass is 16.6. The molecule has 0 aromatic rings. The molecule has 0 unspecified atom stereocenters. The van der Waals surface area contributed by atoms with Crippen LogP contribution in [0.4, 0.5) is 0 Å². The summed E-state index contributed by atoms with van der Waals surface area (Å²) in [6.45, 7) is 9.92. The number of allylic oxidation sites excluding steroid dienone is 4. The quantitative estimate of drug-likeness (QED) is 0.403. The Morgan fingerprint density at radius 1 is 1.19 bits per heavy atom. The molecule has 1 fully saturated rings. The Labute approximate surface area is 156 Å². The average Bonchev–Trinajstić information content (AvgIpc) is 2.83. The first-order valence-corrected chi connectivity index (χ1v) is 9.39. The molecule has 0 amide bonds. The molecule has 0 aromatic carbocycles. The number of carbonyl (C=O) groups excluding carboxylic acids is 2. The molecule has 1 saturated heterocycles. The van der Waals surface area contributed by atoms with E-state index in [0.29, 0.717) is 18.6 Å². The van der Waals surface area contributed by atoms with Crippen LogP contribution in [0, 0.1) is 5.92 Å². The van der Waals surface area contributed by atoms with Gasteiger partial charge in [0.1, 0.15) is 12.7 Å². The summed E-state index contributed by atoms with van der Waals surface area (Å²) in [5, 5.41) is 0. The summed E-state index contributed by atoms with van der Waals surface area (Å²) in [5.41, 5.74) is 4.25. The molecule has 1 aliphatic heterocycles. The summed E-state index contributed by atoms with van der Waals surface area (Å²) in [6.07, 6.45) is 11.7. The molecule has 1 heterocycles. The number of ether oxygens (including phenoxy) is 2. The Bertz CT molecular complexity index is 651. The third-order valence-corrected chi connectivity index (χ3v) is 5.05. The topological polar surface area (TPSA) is 52.6 Å². The first-order valence-electron chi connectivity index (χ1n) is 9.39. The maximum atomic E-state index is 12.0. The van der Waals surface area contributed by atoms with E-state index in [2.05, 4.69) is 38.7 Å². The number of esters is 2. The monoisotopic (exact) mass is 358 g/mol. The molecule has 0 spiro atoms. The second-order valence-corrected chi connectivity index (χ2v) is 7.34. The van der Waals surface area contributed by atoms with Crippen molar-refractivity contribution in [3.05, 3.63) is 47.1 Å². The Balaban J connectivity index is 2.22. The molecule has 0 radical (unpaired) electrons. The van der Waals surface area contributed by atoms with Gasteiger partial charge >= 0.3 is 11.9 Å². The fourth-order valence-corrected chi connectivity index (χ4v) is 3.42. The van der Waals surface area contributed by atoms with Crippen LogP contribution in [0.1, 0.15) is 59.3 Å². The summed E-state index contributed by atoms with van der Waals surface area (Å²) in [5.74, 6) is -0.581. The van der Waals surface area contributed by atoms with E-state index >= 15 is 0 Å². The van der Waals surface area contributed by atoms with Crippen LogP contribution in [-0.2, 0) is 19.1 Å². The highest BCUT2D eigenvalue weighted by Gasteiger charge is 2.37. The SMILES string of the molecule is C=C1C(=O)O[C@@H]2C/C(C)=C/CC/C(C)=C/CC/C(COC(C)=O)=C/C[C@@H]12. The average molecular weight is 358 g/mol. The van der Waals surface area contributed by atoms with Gasteiger partial charge in [0.15, 0.2) is 0 Å². The minimum Gasteiger partial charge on any atom is -0.461 e. The van der Waals surface area contributed by atoms with Gasteiger partial charge in [-0.3, -0.25) is 4.79 Å². The minimum absolute atomic E-state index is 0.0154. The molecule has 0 saturated carbocycles. The van der Waals surface area contributed by atoms with Gasteiger partial charge in [-0.15, -0.1) is 0 Å². The number of fused-ring (bicyclic) bond motifs is 1. The van der Waals surface area contributed by atoms with E-state index in [0.717, 1.165) is 37.7 Å². The predicted molar refractivity (Wildman–Crippen MR) is 102 cm³/mol. The van der Waals surface area contributed by atoms with Gasteiger partial charge in [0.05, 0.1) is 0 Å². The smallest absolute Gasteiger partial charge is 0.334 e. The molecule has 142 valence electrons. The minimum atomic E-state index is -0.287. The molecule has 0 bridgehead atoms. The molecular formula is C22H30O4. The van der Waals surface area contributed by atoms with E-state index in [1.54, 1.807) is 0 Å². The summed E-state index contributed by atoms with van der Waals surface area (Å²) in [4.78, 5) is 23.2. The number of rotatable bonds is 2. The maximum absolute atomic E-state index is 12.0. The van der Waals surface area contributed by atoms with E-state index in [9.17, 15) is 9.59 Å². The number of hydrogen-bond donors (Lipinski definition) is 0. The second-order valence-electron chi connectivity index (χ2n) is 7.34. The largest absolute Gasteiger partial charge is 0.461 e. The van der Waals surface area contributed by atoms with E-state index in [1.807, 2.05) is 0 Å². The van der Waals surface area contributed by atoms with Crippen molar-refractivity contribution in [3.63, 3.8) is 0 Å². The molecule has 2 atom stereocenters. The molecule has 4 heteroatoms. The zero-order valence-corrected chi connectivity index (χ0v) is 16.2. The van der Waals surface area contributed by atoms with Crippen LogP contribution in [0.2, 0.25) is 0 Å².